The SMILES string of the molecule is COC(=O)C(OC)c1nsc2ccc(-n3c(=O)cc(C)n(C)c3=O)cc12. The Labute approximate surface area is 152 Å². The highest BCUT2D eigenvalue weighted by Gasteiger charge is 2.26. The number of carbonyl (C=O) groups is 1. The molecule has 1 unspecified atom stereocenters. The maximum Gasteiger partial charge on any atom is 0.341 e. The fourth-order valence-electron chi connectivity index (χ4n) is 2.67. The van der Waals surface area contributed by atoms with E-state index in [4.69, 9.17) is 9.47 Å². The van der Waals surface area contributed by atoms with E-state index in [2.05, 4.69) is 4.37 Å². The number of aryl methyl sites for hydroxylation is 1. The summed E-state index contributed by atoms with van der Waals surface area (Å²) in [5.41, 5.74) is 0.476. The summed E-state index contributed by atoms with van der Waals surface area (Å²) in [4.78, 5) is 36.8. The summed E-state index contributed by atoms with van der Waals surface area (Å²) in [5, 5.41) is 0.624. The minimum Gasteiger partial charge on any atom is -0.467 e. The standard InChI is InChI=1S/C17H17N3O5S/c1-9-7-13(21)20(17(23)19(9)2)10-5-6-12-11(8-10)14(18-26-12)15(24-3)16(22)25-4/h5-8,15H,1-4H3. The van der Waals surface area contributed by atoms with Gasteiger partial charge in [0.25, 0.3) is 5.56 Å². The molecule has 0 N–H and O–H groups in total. The number of benzene rings is 1. The summed E-state index contributed by atoms with van der Waals surface area (Å²) in [6.45, 7) is 1.69. The Balaban J connectivity index is 2.24. The van der Waals surface area contributed by atoms with Crippen LogP contribution in [0.15, 0.2) is 33.9 Å². The van der Waals surface area contributed by atoms with E-state index >= 15 is 0 Å². The first-order valence-electron chi connectivity index (χ1n) is 7.69. The van der Waals surface area contributed by atoms with Crippen LogP contribution in [0.2, 0.25) is 0 Å². The number of carbonyl (C=O) groups excluding carboxylic acids is 1. The highest BCUT2D eigenvalue weighted by atomic mass is 32.1. The average Bonchev–Trinajstić information content (AvgIpc) is 3.03. The number of aromatic nitrogens is 3. The maximum atomic E-state index is 12.5. The lowest BCUT2D eigenvalue weighted by molar-refractivity contribution is -0.152. The summed E-state index contributed by atoms with van der Waals surface area (Å²) in [5.74, 6) is -0.575. The number of nitrogens with zero attached hydrogens (tertiary/aromatic N) is 3. The second kappa shape index (κ2) is 6.85. The molecule has 26 heavy (non-hydrogen) atoms. The number of methoxy groups -OCH3 is 2. The van der Waals surface area contributed by atoms with E-state index in [1.165, 1.54) is 36.4 Å². The monoisotopic (exact) mass is 375 g/mol. The molecule has 0 aliphatic carbocycles. The third kappa shape index (κ3) is 2.85. The van der Waals surface area contributed by atoms with Crippen molar-refractivity contribution >= 4 is 27.6 Å². The lowest BCUT2D eigenvalue weighted by atomic mass is 10.1. The number of rotatable bonds is 4. The largest absolute Gasteiger partial charge is 0.467 e. The number of hydrogen-bond acceptors (Lipinski definition) is 7. The molecule has 3 aromatic rings. The van der Waals surface area contributed by atoms with Crippen LogP contribution < -0.4 is 11.2 Å². The highest BCUT2D eigenvalue weighted by molar-refractivity contribution is 7.13. The number of esters is 1. The van der Waals surface area contributed by atoms with Gasteiger partial charge in [0.2, 0.25) is 0 Å². The molecule has 2 heterocycles. The van der Waals surface area contributed by atoms with Gasteiger partial charge >= 0.3 is 11.7 Å². The second-order valence-electron chi connectivity index (χ2n) is 5.69. The van der Waals surface area contributed by atoms with E-state index in [1.54, 1.807) is 32.2 Å². The zero-order chi connectivity index (χ0) is 19.0. The summed E-state index contributed by atoms with van der Waals surface area (Å²) >= 11 is 1.19. The molecule has 9 heteroatoms. The second-order valence-corrected chi connectivity index (χ2v) is 6.49. The van der Waals surface area contributed by atoms with Crippen LogP contribution in [0.1, 0.15) is 17.5 Å². The van der Waals surface area contributed by atoms with Gasteiger partial charge in [0.1, 0.15) is 5.69 Å². The zero-order valence-electron chi connectivity index (χ0n) is 14.7. The van der Waals surface area contributed by atoms with Crippen molar-refractivity contribution in [3.63, 3.8) is 0 Å². The molecule has 0 spiro atoms. The normalized spacial score (nSPS) is 12.3. The summed E-state index contributed by atoms with van der Waals surface area (Å²) in [6, 6.07) is 6.47. The Bertz CT molecular complexity index is 1110. The van der Waals surface area contributed by atoms with Crippen molar-refractivity contribution in [1.29, 1.82) is 0 Å². The molecule has 3 rings (SSSR count). The smallest absolute Gasteiger partial charge is 0.341 e. The molecule has 0 aliphatic heterocycles. The molecule has 0 radical (unpaired) electrons. The van der Waals surface area contributed by atoms with E-state index in [-0.39, 0.29) is 0 Å². The van der Waals surface area contributed by atoms with Gasteiger partial charge in [-0.05, 0) is 36.7 Å². The summed E-state index contributed by atoms with van der Waals surface area (Å²) < 4.78 is 17.5. The van der Waals surface area contributed by atoms with Gasteiger partial charge in [-0.1, -0.05) is 0 Å². The first kappa shape index (κ1) is 18.0. The van der Waals surface area contributed by atoms with Crippen molar-refractivity contribution in [2.24, 2.45) is 7.05 Å². The van der Waals surface area contributed by atoms with E-state index in [0.717, 1.165) is 9.27 Å². The molecule has 8 nitrogen and oxygen atoms in total. The van der Waals surface area contributed by atoms with E-state index in [1.807, 2.05) is 0 Å². The Morgan fingerprint density at radius 3 is 2.62 bits per heavy atom. The van der Waals surface area contributed by atoms with Crippen LogP contribution in [0.5, 0.6) is 0 Å². The fraction of sp³-hybridized carbons (Fsp3) is 0.294. The fourth-order valence-corrected chi connectivity index (χ4v) is 3.45. The Kier molecular flexibility index (Phi) is 4.75. The molecule has 1 atom stereocenters. The van der Waals surface area contributed by atoms with Gasteiger partial charge in [-0.2, -0.15) is 4.37 Å². The van der Waals surface area contributed by atoms with Gasteiger partial charge in [0, 0.05) is 31.3 Å². The first-order chi connectivity index (χ1) is 12.4. The van der Waals surface area contributed by atoms with Crippen LogP contribution in [-0.2, 0) is 21.3 Å². The number of ether oxygens (including phenoxy) is 2. The van der Waals surface area contributed by atoms with Crippen LogP contribution in [0.4, 0.5) is 0 Å². The van der Waals surface area contributed by atoms with Gasteiger partial charge in [-0.15, -0.1) is 0 Å². The molecule has 0 aliphatic rings. The predicted octanol–water partition coefficient (Wildman–Crippen LogP) is 1.31. The van der Waals surface area contributed by atoms with Gasteiger partial charge in [0.15, 0.2) is 6.10 Å². The van der Waals surface area contributed by atoms with Crippen molar-refractivity contribution < 1.29 is 14.3 Å². The zero-order valence-corrected chi connectivity index (χ0v) is 15.5. The summed E-state index contributed by atoms with van der Waals surface area (Å²) in [7, 11) is 4.25. The average molecular weight is 375 g/mol. The van der Waals surface area contributed by atoms with Gasteiger partial charge in [-0.25, -0.2) is 14.2 Å². The van der Waals surface area contributed by atoms with E-state index in [9.17, 15) is 14.4 Å². The molecule has 0 bridgehead atoms. The Morgan fingerprint density at radius 1 is 1.23 bits per heavy atom. The topological polar surface area (TPSA) is 92.4 Å². The minimum atomic E-state index is -0.985. The van der Waals surface area contributed by atoms with E-state index < -0.39 is 23.3 Å². The third-order valence-corrected chi connectivity index (χ3v) is 5.04. The molecule has 1 aromatic carbocycles. The predicted molar refractivity (Wildman–Crippen MR) is 97.0 cm³/mol. The van der Waals surface area contributed by atoms with Gasteiger partial charge in [-0.3, -0.25) is 4.79 Å². The van der Waals surface area contributed by atoms with Crippen molar-refractivity contribution in [3.8, 4) is 5.69 Å². The van der Waals surface area contributed by atoms with Gasteiger partial charge in [0.05, 0.1) is 17.5 Å². The third-order valence-electron chi connectivity index (χ3n) is 4.20. The van der Waals surface area contributed by atoms with Gasteiger partial charge < -0.3 is 14.0 Å². The first-order valence-corrected chi connectivity index (χ1v) is 8.46. The van der Waals surface area contributed by atoms with Crippen LogP contribution in [0.25, 0.3) is 15.8 Å². The molecule has 0 amide bonds. The molecule has 2 aromatic heterocycles. The Morgan fingerprint density at radius 2 is 1.96 bits per heavy atom. The molecular formula is C17H17N3O5S. The quantitative estimate of drug-likeness (QED) is 0.639. The molecule has 0 fully saturated rings. The highest BCUT2D eigenvalue weighted by Crippen LogP contribution is 2.30. The molecular weight excluding hydrogens is 358 g/mol. The maximum absolute atomic E-state index is 12.5. The van der Waals surface area contributed by atoms with Crippen molar-refractivity contribution in [1.82, 2.24) is 13.5 Å². The van der Waals surface area contributed by atoms with Crippen LogP contribution >= 0.6 is 11.5 Å². The molecule has 136 valence electrons. The lowest BCUT2D eigenvalue weighted by Gasteiger charge is -2.12. The van der Waals surface area contributed by atoms with Crippen molar-refractivity contribution in [3.05, 3.63) is 56.5 Å². The van der Waals surface area contributed by atoms with Crippen molar-refractivity contribution in [2.75, 3.05) is 14.2 Å². The minimum absolute atomic E-state index is 0.387. The number of fused-ring (bicyclic) bond motifs is 1. The van der Waals surface area contributed by atoms with Crippen LogP contribution in [-0.4, -0.2) is 33.7 Å². The molecule has 0 saturated heterocycles. The van der Waals surface area contributed by atoms with Crippen LogP contribution in [0, 0.1) is 6.92 Å². The number of hydrogen-bond donors (Lipinski definition) is 0. The summed E-state index contributed by atoms with van der Waals surface area (Å²) in [6.07, 6.45) is -0.985. The Hall–Kier alpha value is -2.78. The van der Waals surface area contributed by atoms with Crippen molar-refractivity contribution in [2.45, 2.75) is 13.0 Å². The van der Waals surface area contributed by atoms with E-state index in [0.29, 0.717) is 22.5 Å². The van der Waals surface area contributed by atoms with Crippen LogP contribution in [0.3, 0.4) is 0 Å². The lowest BCUT2D eigenvalue weighted by Crippen LogP contribution is -2.38. The molecule has 0 saturated carbocycles.